The predicted molar refractivity (Wildman–Crippen MR) is 121 cm³/mol. The SMILES string of the molecule is CC(C)(O)c1ncc(-c2cn3c4c(nc3cc2F)[C@@](C)(O)C[C@@H]4c2ccccc2OC(F)F)cn1. The summed E-state index contributed by atoms with van der Waals surface area (Å²) in [7, 11) is 0. The van der Waals surface area contributed by atoms with Crippen LogP contribution in [0.3, 0.4) is 0 Å². The first-order chi connectivity index (χ1) is 16.5. The Bertz CT molecular complexity index is 1410. The number of alkyl halides is 2. The van der Waals surface area contributed by atoms with Crippen LogP contribution in [0.1, 0.15) is 55.9 Å². The molecular formula is C25H23F3N4O3. The Morgan fingerprint density at radius 2 is 1.89 bits per heavy atom. The molecule has 0 unspecified atom stereocenters. The van der Waals surface area contributed by atoms with Crippen LogP contribution in [0.5, 0.6) is 5.75 Å². The van der Waals surface area contributed by atoms with Gasteiger partial charge >= 0.3 is 6.61 Å². The lowest BCUT2D eigenvalue weighted by molar-refractivity contribution is -0.0506. The largest absolute Gasteiger partial charge is 0.435 e. The second-order valence-corrected chi connectivity index (χ2v) is 9.41. The van der Waals surface area contributed by atoms with Gasteiger partial charge in [-0.1, -0.05) is 18.2 Å². The third-order valence-corrected chi connectivity index (χ3v) is 6.21. The van der Waals surface area contributed by atoms with Crippen LogP contribution >= 0.6 is 0 Å². The van der Waals surface area contributed by atoms with E-state index in [1.54, 1.807) is 43.4 Å². The molecule has 35 heavy (non-hydrogen) atoms. The maximum Gasteiger partial charge on any atom is 0.387 e. The molecule has 5 rings (SSSR count). The van der Waals surface area contributed by atoms with Crippen molar-refractivity contribution in [2.75, 3.05) is 0 Å². The topological polar surface area (TPSA) is 92.8 Å². The van der Waals surface area contributed by atoms with E-state index in [1.807, 2.05) is 0 Å². The third-order valence-electron chi connectivity index (χ3n) is 6.21. The van der Waals surface area contributed by atoms with E-state index in [0.29, 0.717) is 22.5 Å². The number of rotatable bonds is 5. The monoisotopic (exact) mass is 484 g/mol. The highest BCUT2D eigenvalue weighted by Crippen LogP contribution is 2.49. The van der Waals surface area contributed by atoms with E-state index in [2.05, 4.69) is 15.0 Å². The van der Waals surface area contributed by atoms with Crippen molar-refractivity contribution >= 4 is 5.65 Å². The molecule has 1 aliphatic carbocycles. The second-order valence-electron chi connectivity index (χ2n) is 9.41. The van der Waals surface area contributed by atoms with E-state index < -0.39 is 29.5 Å². The van der Waals surface area contributed by atoms with Gasteiger partial charge in [-0.2, -0.15) is 8.78 Å². The van der Waals surface area contributed by atoms with Crippen molar-refractivity contribution in [1.82, 2.24) is 19.4 Å². The number of para-hydroxylation sites is 1. The minimum absolute atomic E-state index is 0.00374. The molecule has 0 radical (unpaired) electrons. The fourth-order valence-corrected chi connectivity index (χ4v) is 4.63. The van der Waals surface area contributed by atoms with Gasteiger partial charge in [-0.05, 0) is 33.3 Å². The van der Waals surface area contributed by atoms with Gasteiger partial charge in [0.25, 0.3) is 0 Å². The summed E-state index contributed by atoms with van der Waals surface area (Å²) in [5, 5.41) is 21.2. The van der Waals surface area contributed by atoms with Gasteiger partial charge in [0.1, 0.15) is 28.4 Å². The Kier molecular flexibility index (Phi) is 5.33. The maximum atomic E-state index is 15.1. The zero-order valence-corrected chi connectivity index (χ0v) is 19.2. The summed E-state index contributed by atoms with van der Waals surface area (Å²) in [5.74, 6) is -0.905. The van der Waals surface area contributed by atoms with E-state index >= 15 is 4.39 Å². The number of hydrogen-bond donors (Lipinski definition) is 2. The van der Waals surface area contributed by atoms with Crippen LogP contribution in [0.4, 0.5) is 13.2 Å². The Balaban J connectivity index is 1.67. The predicted octanol–water partition coefficient (Wildman–Crippen LogP) is 4.50. The van der Waals surface area contributed by atoms with E-state index in [0.717, 1.165) is 0 Å². The van der Waals surface area contributed by atoms with Crippen molar-refractivity contribution in [1.29, 1.82) is 0 Å². The molecule has 1 aromatic carbocycles. The molecule has 0 saturated carbocycles. The minimum Gasteiger partial charge on any atom is -0.435 e. The summed E-state index contributed by atoms with van der Waals surface area (Å²) in [4.78, 5) is 12.8. The molecule has 0 spiro atoms. The molecule has 0 saturated heterocycles. The molecule has 0 bridgehead atoms. The van der Waals surface area contributed by atoms with Crippen LogP contribution in [0.25, 0.3) is 16.8 Å². The average Bonchev–Trinajstić information content (AvgIpc) is 3.27. The number of nitrogens with zero attached hydrogens (tertiary/aromatic N) is 4. The number of pyridine rings is 1. The van der Waals surface area contributed by atoms with Crippen LogP contribution in [0.2, 0.25) is 0 Å². The molecule has 2 N–H and O–H groups in total. The first kappa shape index (κ1) is 23.3. The zero-order chi connectivity index (χ0) is 25.1. The van der Waals surface area contributed by atoms with Crippen molar-refractivity contribution in [3.8, 4) is 16.9 Å². The van der Waals surface area contributed by atoms with E-state index in [1.165, 1.54) is 30.7 Å². The highest BCUT2D eigenvalue weighted by Gasteiger charge is 2.45. The molecular weight excluding hydrogens is 461 g/mol. The molecule has 7 nitrogen and oxygen atoms in total. The normalized spacial score (nSPS) is 20.0. The molecule has 0 fully saturated rings. The van der Waals surface area contributed by atoms with Gasteiger partial charge in [-0.25, -0.2) is 19.3 Å². The summed E-state index contributed by atoms with van der Waals surface area (Å²) < 4.78 is 47.6. The van der Waals surface area contributed by atoms with Gasteiger partial charge in [0, 0.05) is 47.3 Å². The first-order valence-electron chi connectivity index (χ1n) is 11.0. The lowest BCUT2D eigenvalue weighted by Gasteiger charge is -2.20. The summed E-state index contributed by atoms with van der Waals surface area (Å²) >= 11 is 0. The Morgan fingerprint density at radius 3 is 2.54 bits per heavy atom. The van der Waals surface area contributed by atoms with Gasteiger partial charge < -0.3 is 19.4 Å². The lowest BCUT2D eigenvalue weighted by atomic mass is 9.93. The van der Waals surface area contributed by atoms with Gasteiger partial charge in [-0.3, -0.25) is 0 Å². The van der Waals surface area contributed by atoms with Gasteiger partial charge in [0.15, 0.2) is 5.82 Å². The van der Waals surface area contributed by atoms with Crippen LogP contribution < -0.4 is 4.74 Å². The lowest BCUT2D eigenvalue weighted by Crippen LogP contribution is -2.19. The fourth-order valence-electron chi connectivity index (χ4n) is 4.63. The summed E-state index contributed by atoms with van der Waals surface area (Å²) in [6.07, 6.45) is 4.56. The number of hydrogen-bond acceptors (Lipinski definition) is 6. The molecule has 2 atom stereocenters. The molecule has 3 aromatic heterocycles. The molecule has 182 valence electrons. The quantitative estimate of drug-likeness (QED) is 0.433. The van der Waals surface area contributed by atoms with Crippen molar-refractivity contribution < 1.29 is 28.1 Å². The van der Waals surface area contributed by atoms with Crippen molar-refractivity contribution in [2.24, 2.45) is 0 Å². The zero-order valence-electron chi connectivity index (χ0n) is 19.2. The van der Waals surface area contributed by atoms with Gasteiger partial charge in [0.05, 0.1) is 11.4 Å². The fraction of sp³-hybridized carbons (Fsp3) is 0.320. The number of aromatic nitrogens is 4. The summed E-state index contributed by atoms with van der Waals surface area (Å²) in [5.41, 5.74) is -0.411. The van der Waals surface area contributed by atoms with Gasteiger partial charge in [0.2, 0.25) is 0 Å². The number of aliphatic hydroxyl groups is 2. The molecule has 10 heteroatoms. The number of ether oxygens (including phenoxy) is 1. The maximum absolute atomic E-state index is 15.1. The molecule has 4 aromatic rings. The molecule has 0 amide bonds. The first-order valence-corrected chi connectivity index (χ1v) is 11.0. The Hall–Kier alpha value is -3.50. The van der Waals surface area contributed by atoms with Crippen LogP contribution in [0.15, 0.2) is 48.9 Å². The average molecular weight is 484 g/mol. The van der Waals surface area contributed by atoms with Crippen molar-refractivity contribution in [3.63, 3.8) is 0 Å². The molecule has 3 heterocycles. The molecule has 0 aliphatic heterocycles. The Labute approximate surface area is 198 Å². The van der Waals surface area contributed by atoms with Crippen molar-refractivity contribution in [2.45, 2.75) is 50.9 Å². The van der Waals surface area contributed by atoms with Crippen LogP contribution in [0, 0.1) is 5.82 Å². The smallest absolute Gasteiger partial charge is 0.387 e. The minimum atomic E-state index is -3.01. The van der Waals surface area contributed by atoms with E-state index in [-0.39, 0.29) is 29.2 Å². The van der Waals surface area contributed by atoms with Gasteiger partial charge in [-0.15, -0.1) is 0 Å². The number of fused-ring (bicyclic) bond motifs is 3. The van der Waals surface area contributed by atoms with Crippen molar-refractivity contribution in [3.05, 3.63) is 77.5 Å². The summed E-state index contributed by atoms with van der Waals surface area (Å²) in [6, 6.07) is 7.65. The summed E-state index contributed by atoms with van der Waals surface area (Å²) in [6.45, 7) is 1.68. The van der Waals surface area contributed by atoms with E-state index in [4.69, 9.17) is 4.74 Å². The highest BCUT2D eigenvalue weighted by atomic mass is 19.3. The Morgan fingerprint density at radius 1 is 1.20 bits per heavy atom. The highest BCUT2D eigenvalue weighted by molar-refractivity contribution is 5.65. The van der Waals surface area contributed by atoms with E-state index in [9.17, 15) is 19.0 Å². The number of benzene rings is 1. The standard InChI is InChI=1S/C25H23F3N4O3/c1-24(2,33)22-29-10-13(11-30-22)16-12-32-19(8-17(16)26)31-21-20(32)15(9-25(21,3)34)14-6-4-5-7-18(14)35-23(27)28/h4-8,10-12,15,23,33-34H,9H2,1-3H3/t15-,25+/m1/s1. The second kappa shape index (κ2) is 8.03. The number of halogens is 3. The van der Waals surface area contributed by atoms with Crippen LogP contribution in [-0.4, -0.2) is 36.2 Å². The van der Waals surface area contributed by atoms with Crippen LogP contribution in [-0.2, 0) is 11.2 Å². The molecule has 1 aliphatic rings. The third kappa shape index (κ3) is 4.02. The number of imidazole rings is 1.